The number of aryl methyl sites for hydroxylation is 1. The quantitative estimate of drug-likeness (QED) is 0.381. The molecule has 3 N–H and O–H groups in total. The van der Waals surface area contributed by atoms with Gasteiger partial charge in [-0.05, 0) is 48.6 Å². The summed E-state index contributed by atoms with van der Waals surface area (Å²) in [6.07, 6.45) is 5.15. The SMILES string of the molecule is CCCCCc1ccc(C(=O)c2cc3cc(C(N)CCO)ccc3o2)cc1.Cl. The smallest absolute Gasteiger partial charge is 0.228 e. The molecule has 2 aromatic carbocycles. The van der Waals surface area contributed by atoms with Crippen LogP contribution in [0.25, 0.3) is 11.0 Å². The highest BCUT2D eigenvalue weighted by Crippen LogP contribution is 2.25. The van der Waals surface area contributed by atoms with Gasteiger partial charge in [-0.25, -0.2) is 0 Å². The molecule has 150 valence electrons. The Hall–Kier alpha value is -2.14. The average molecular weight is 402 g/mol. The van der Waals surface area contributed by atoms with Crippen LogP contribution in [-0.2, 0) is 6.42 Å². The van der Waals surface area contributed by atoms with Crippen LogP contribution in [0.5, 0.6) is 0 Å². The van der Waals surface area contributed by atoms with Crippen LogP contribution in [0.15, 0.2) is 52.9 Å². The first kappa shape index (κ1) is 22.2. The van der Waals surface area contributed by atoms with Crippen molar-refractivity contribution in [3.8, 4) is 0 Å². The molecule has 3 aromatic rings. The van der Waals surface area contributed by atoms with E-state index >= 15 is 0 Å². The van der Waals surface area contributed by atoms with Gasteiger partial charge < -0.3 is 15.3 Å². The minimum Gasteiger partial charge on any atom is -0.453 e. The molecule has 1 atom stereocenters. The Labute approximate surface area is 172 Å². The molecule has 0 radical (unpaired) electrons. The van der Waals surface area contributed by atoms with Crippen LogP contribution in [0.3, 0.4) is 0 Å². The number of halogens is 1. The zero-order chi connectivity index (χ0) is 19.2. The molecule has 1 aromatic heterocycles. The Morgan fingerprint density at radius 1 is 1.11 bits per heavy atom. The molecule has 0 bridgehead atoms. The highest BCUT2D eigenvalue weighted by atomic mass is 35.5. The van der Waals surface area contributed by atoms with Gasteiger partial charge in [-0.1, -0.05) is 50.1 Å². The maximum Gasteiger partial charge on any atom is 0.228 e. The number of ketones is 1. The van der Waals surface area contributed by atoms with E-state index in [0.29, 0.717) is 23.3 Å². The van der Waals surface area contributed by atoms with Crippen molar-refractivity contribution in [2.24, 2.45) is 5.73 Å². The second-order valence-electron chi connectivity index (χ2n) is 7.01. The van der Waals surface area contributed by atoms with Crippen LogP contribution >= 0.6 is 12.4 Å². The number of hydrogen-bond acceptors (Lipinski definition) is 4. The third-order valence-electron chi connectivity index (χ3n) is 4.92. The van der Waals surface area contributed by atoms with Crippen molar-refractivity contribution in [2.75, 3.05) is 6.61 Å². The molecule has 0 fully saturated rings. The molecule has 0 aliphatic rings. The van der Waals surface area contributed by atoms with Crippen LogP contribution in [-0.4, -0.2) is 17.5 Å². The van der Waals surface area contributed by atoms with Crippen molar-refractivity contribution < 1.29 is 14.3 Å². The second-order valence-corrected chi connectivity index (χ2v) is 7.01. The van der Waals surface area contributed by atoms with Gasteiger partial charge in [0.15, 0.2) is 5.76 Å². The number of unbranched alkanes of at least 4 members (excludes halogenated alkanes) is 2. The number of aliphatic hydroxyl groups is 1. The summed E-state index contributed by atoms with van der Waals surface area (Å²) in [6.45, 7) is 2.24. The number of hydrogen-bond donors (Lipinski definition) is 2. The number of carbonyl (C=O) groups is 1. The fourth-order valence-corrected chi connectivity index (χ4v) is 3.25. The fraction of sp³-hybridized carbons (Fsp3) is 0.348. The van der Waals surface area contributed by atoms with Gasteiger partial charge in [-0.2, -0.15) is 0 Å². The van der Waals surface area contributed by atoms with E-state index in [9.17, 15) is 4.79 Å². The van der Waals surface area contributed by atoms with Crippen molar-refractivity contribution >= 4 is 29.2 Å². The lowest BCUT2D eigenvalue weighted by molar-refractivity contribution is 0.101. The molecule has 4 nitrogen and oxygen atoms in total. The summed E-state index contributed by atoms with van der Waals surface area (Å²) in [7, 11) is 0. The maximum atomic E-state index is 12.8. The lowest BCUT2D eigenvalue weighted by atomic mass is 10.0. The van der Waals surface area contributed by atoms with Crippen LogP contribution in [0.2, 0.25) is 0 Å². The third kappa shape index (κ3) is 5.22. The number of carbonyl (C=O) groups excluding carboxylic acids is 1. The number of rotatable bonds is 9. The minimum absolute atomic E-state index is 0. The molecule has 0 spiro atoms. The van der Waals surface area contributed by atoms with Crippen LogP contribution in [0.1, 0.15) is 65.9 Å². The molecule has 1 heterocycles. The topological polar surface area (TPSA) is 76.5 Å². The number of fused-ring (bicyclic) bond motifs is 1. The van der Waals surface area contributed by atoms with Crippen molar-refractivity contribution in [3.63, 3.8) is 0 Å². The van der Waals surface area contributed by atoms with Gasteiger partial charge in [0.1, 0.15) is 5.58 Å². The summed E-state index contributed by atoms with van der Waals surface area (Å²) < 4.78 is 5.75. The summed E-state index contributed by atoms with van der Waals surface area (Å²) >= 11 is 0. The van der Waals surface area contributed by atoms with Crippen molar-refractivity contribution in [1.29, 1.82) is 0 Å². The van der Waals surface area contributed by atoms with Gasteiger partial charge in [0, 0.05) is 23.6 Å². The van der Waals surface area contributed by atoms with Gasteiger partial charge in [0.2, 0.25) is 5.78 Å². The zero-order valence-corrected chi connectivity index (χ0v) is 17.0. The molecule has 0 saturated carbocycles. The first-order valence-electron chi connectivity index (χ1n) is 9.66. The standard InChI is InChI=1S/C23H27NO3.ClH/c1-2-3-4-5-16-6-8-17(9-7-16)23(26)22-15-19-14-18(20(24)12-13-25)10-11-21(19)27-22;/h6-11,14-15,20,25H,2-5,12-13,24H2,1H3;1H. The van der Waals surface area contributed by atoms with Crippen LogP contribution in [0.4, 0.5) is 0 Å². The van der Waals surface area contributed by atoms with Crippen LogP contribution in [0, 0.1) is 0 Å². The largest absolute Gasteiger partial charge is 0.453 e. The fourth-order valence-electron chi connectivity index (χ4n) is 3.25. The molecule has 1 unspecified atom stereocenters. The molecule has 28 heavy (non-hydrogen) atoms. The Kier molecular flexibility index (Phi) is 8.24. The van der Waals surface area contributed by atoms with Gasteiger partial charge in [0.05, 0.1) is 0 Å². The Morgan fingerprint density at radius 3 is 2.54 bits per heavy atom. The Balaban J connectivity index is 0.00000280. The first-order valence-corrected chi connectivity index (χ1v) is 9.66. The van der Waals surface area contributed by atoms with E-state index in [1.165, 1.54) is 24.8 Å². The lowest BCUT2D eigenvalue weighted by Crippen LogP contribution is -2.11. The van der Waals surface area contributed by atoms with Crippen LogP contribution < -0.4 is 5.73 Å². The third-order valence-corrected chi connectivity index (χ3v) is 4.92. The predicted octanol–water partition coefficient (Wildman–Crippen LogP) is 5.20. The zero-order valence-electron chi connectivity index (χ0n) is 16.2. The molecular formula is C23H28ClNO3. The molecule has 0 aliphatic heterocycles. The number of furan rings is 1. The summed E-state index contributed by atoms with van der Waals surface area (Å²) in [5.41, 5.74) is 9.53. The molecule has 0 saturated heterocycles. The number of aliphatic hydroxyl groups excluding tert-OH is 1. The summed E-state index contributed by atoms with van der Waals surface area (Å²) in [5, 5.41) is 9.90. The molecule has 0 aliphatic carbocycles. The normalized spacial score (nSPS) is 12.0. The van der Waals surface area contributed by atoms with E-state index in [1.807, 2.05) is 42.5 Å². The second kappa shape index (κ2) is 10.4. The van der Waals surface area contributed by atoms with E-state index in [1.54, 1.807) is 6.07 Å². The number of benzene rings is 2. The minimum atomic E-state index is -0.228. The maximum absolute atomic E-state index is 12.8. The van der Waals surface area contributed by atoms with Gasteiger partial charge in [-0.3, -0.25) is 4.79 Å². The Bertz CT molecular complexity index is 902. The number of nitrogens with two attached hydrogens (primary N) is 1. The monoisotopic (exact) mass is 401 g/mol. The van der Waals surface area contributed by atoms with E-state index in [0.717, 1.165) is 17.4 Å². The van der Waals surface area contributed by atoms with Crippen molar-refractivity contribution in [2.45, 2.75) is 45.1 Å². The summed E-state index contributed by atoms with van der Waals surface area (Å²) in [6, 6.07) is 15.0. The molecule has 3 rings (SSSR count). The average Bonchev–Trinajstić information content (AvgIpc) is 3.11. The summed E-state index contributed by atoms with van der Waals surface area (Å²) in [5.74, 6) is 0.212. The van der Waals surface area contributed by atoms with Gasteiger partial charge in [0.25, 0.3) is 0 Å². The van der Waals surface area contributed by atoms with Gasteiger partial charge >= 0.3 is 0 Å². The van der Waals surface area contributed by atoms with Crippen molar-refractivity contribution in [1.82, 2.24) is 0 Å². The van der Waals surface area contributed by atoms with Crippen molar-refractivity contribution in [3.05, 3.63) is 71.0 Å². The summed E-state index contributed by atoms with van der Waals surface area (Å²) in [4.78, 5) is 12.8. The predicted molar refractivity (Wildman–Crippen MR) is 115 cm³/mol. The highest BCUT2D eigenvalue weighted by molar-refractivity contribution is 6.09. The van der Waals surface area contributed by atoms with E-state index in [2.05, 4.69) is 6.92 Å². The Morgan fingerprint density at radius 2 is 1.86 bits per heavy atom. The van der Waals surface area contributed by atoms with E-state index in [4.69, 9.17) is 15.3 Å². The lowest BCUT2D eigenvalue weighted by Gasteiger charge is -2.09. The first-order chi connectivity index (χ1) is 13.1. The molecular weight excluding hydrogens is 374 g/mol. The highest BCUT2D eigenvalue weighted by Gasteiger charge is 2.16. The molecule has 5 heteroatoms. The van der Waals surface area contributed by atoms with E-state index in [-0.39, 0.29) is 30.8 Å². The van der Waals surface area contributed by atoms with E-state index < -0.39 is 0 Å². The van der Waals surface area contributed by atoms with Gasteiger partial charge in [-0.15, -0.1) is 12.4 Å². The molecule has 0 amide bonds.